The Morgan fingerprint density at radius 3 is 2.25 bits per heavy atom. The molecule has 0 amide bonds. The second-order valence-electron chi connectivity index (χ2n) is 3.32. The van der Waals surface area contributed by atoms with E-state index in [9.17, 15) is 0 Å². The van der Waals surface area contributed by atoms with Crippen molar-refractivity contribution in [3.05, 3.63) is 48.5 Å². The first kappa shape index (κ1) is 12.4. The molecule has 84 valence electrons. The van der Waals surface area contributed by atoms with Gasteiger partial charge in [0.2, 0.25) is 0 Å². The van der Waals surface area contributed by atoms with E-state index in [1.54, 1.807) is 7.11 Å². The monoisotopic (exact) mass is 235 g/mol. The summed E-state index contributed by atoms with van der Waals surface area (Å²) in [5.41, 5.74) is 8.85. The highest BCUT2D eigenvalue weighted by Gasteiger charge is 2.02. The van der Waals surface area contributed by atoms with Crippen molar-refractivity contribution in [2.24, 2.45) is 0 Å². The molecule has 0 atom stereocenters. The van der Waals surface area contributed by atoms with E-state index < -0.39 is 0 Å². The first-order chi connectivity index (χ1) is 7.31. The second kappa shape index (κ2) is 5.42. The zero-order valence-corrected chi connectivity index (χ0v) is 9.83. The molecule has 0 saturated heterocycles. The summed E-state index contributed by atoms with van der Waals surface area (Å²) in [7, 11) is 1.64. The van der Waals surface area contributed by atoms with Gasteiger partial charge in [-0.1, -0.05) is 30.3 Å². The van der Waals surface area contributed by atoms with Crippen LogP contribution in [0.15, 0.2) is 48.5 Å². The van der Waals surface area contributed by atoms with Crippen LogP contribution in [0.1, 0.15) is 0 Å². The Labute approximate surface area is 101 Å². The van der Waals surface area contributed by atoms with Gasteiger partial charge in [-0.2, -0.15) is 0 Å². The van der Waals surface area contributed by atoms with Crippen molar-refractivity contribution in [1.29, 1.82) is 0 Å². The Hall–Kier alpha value is -1.67. The van der Waals surface area contributed by atoms with Crippen molar-refractivity contribution < 1.29 is 4.74 Å². The fourth-order valence-electron chi connectivity index (χ4n) is 1.55. The van der Waals surface area contributed by atoms with Gasteiger partial charge in [-0.05, 0) is 17.7 Å². The Morgan fingerprint density at radius 2 is 1.69 bits per heavy atom. The fourth-order valence-corrected chi connectivity index (χ4v) is 1.55. The molecule has 2 aromatic carbocycles. The normalized spacial score (nSPS) is 9.31. The Morgan fingerprint density at radius 1 is 1.00 bits per heavy atom. The van der Waals surface area contributed by atoms with Gasteiger partial charge >= 0.3 is 0 Å². The van der Waals surface area contributed by atoms with E-state index in [2.05, 4.69) is 0 Å². The maximum Gasteiger partial charge on any atom is 0.120 e. The molecule has 2 nitrogen and oxygen atoms in total. The highest BCUT2D eigenvalue weighted by molar-refractivity contribution is 5.85. The molecular formula is C13H14ClNO. The summed E-state index contributed by atoms with van der Waals surface area (Å²) in [6.07, 6.45) is 0. The molecule has 2 aromatic rings. The molecule has 0 fully saturated rings. The van der Waals surface area contributed by atoms with Crippen LogP contribution >= 0.6 is 12.4 Å². The quantitative estimate of drug-likeness (QED) is 0.810. The lowest BCUT2D eigenvalue weighted by Crippen LogP contribution is -1.91. The van der Waals surface area contributed by atoms with E-state index in [1.807, 2.05) is 48.5 Å². The van der Waals surface area contributed by atoms with Gasteiger partial charge in [0.1, 0.15) is 5.75 Å². The standard InChI is InChI=1S/C13H13NO.ClH/c1-15-11-7-8-12(13(14)9-11)10-5-3-2-4-6-10;/h2-9H,14H2,1H3;1H. The molecule has 0 aliphatic rings. The van der Waals surface area contributed by atoms with Crippen molar-refractivity contribution in [2.45, 2.75) is 0 Å². The fraction of sp³-hybridized carbons (Fsp3) is 0.0769. The highest BCUT2D eigenvalue weighted by atomic mass is 35.5. The van der Waals surface area contributed by atoms with Crippen LogP contribution < -0.4 is 10.5 Å². The molecule has 0 spiro atoms. The van der Waals surface area contributed by atoms with Crippen molar-refractivity contribution >= 4 is 18.1 Å². The van der Waals surface area contributed by atoms with E-state index in [0.29, 0.717) is 0 Å². The van der Waals surface area contributed by atoms with Crippen LogP contribution in [0.2, 0.25) is 0 Å². The number of hydrogen-bond acceptors (Lipinski definition) is 2. The minimum absolute atomic E-state index is 0. The first-order valence-electron chi connectivity index (χ1n) is 4.80. The molecule has 0 aliphatic carbocycles. The molecule has 0 aliphatic heterocycles. The highest BCUT2D eigenvalue weighted by Crippen LogP contribution is 2.28. The number of nitrogens with two attached hydrogens (primary N) is 1. The lowest BCUT2D eigenvalue weighted by Gasteiger charge is -2.07. The summed E-state index contributed by atoms with van der Waals surface area (Å²) < 4.78 is 5.11. The van der Waals surface area contributed by atoms with E-state index in [1.165, 1.54) is 0 Å². The molecular weight excluding hydrogens is 222 g/mol. The van der Waals surface area contributed by atoms with Crippen molar-refractivity contribution in [2.75, 3.05) is 12.8 Å². The maximum absolute atomic E-state index is 5.95. The van der Waals surface area contributed by atoms with Gasteiger partial charge in [0.15, 0.2) is 0 Å². The number of anilines is 1. The predicted octanol–water partition coefficient (Wildman–Crippen LogP) is 3.37. The third-order valence-corrected chi connectivity index (χ3v) is 2.34. The number of benzene rings is 2. The van der Waals surface area contributed by atoms with E-state index >= 15 is 0 Å². The lowest BCUT2D eigenvalue weighted by molar-refractivity contribution is 0.415. The van der Waals surface area contributed by atoms with Gasteiger partial charge in [0.25, 0.3) is 0 Å². The predicted molar refractivity (Wildman–Crippen MR) is 70.1 cm³/mol. The van der Waals surface area contributed by atoms with Crippen molar-refractivity contribution in [1.82, 2.24) is 0 Å². The third-order valence-electron chi connectivity index (χ3n) is 2.34. The van der Waals surface area contributed by atoms with Crippen LogP contribution in [0.3, 0.4) is 0 Å². The zero-order valence-electron chi connectivity index (χ0n) is 9.01. The second-order valence-corrected chi connectivity index (χ2v) is 3.32. The summed E-state index contributed by atoms with van der Waals surface area (Å²) in [5, 5.41) is 0. The van der Waals surface area contributed by atoms with E-state index in [0.717, 1.165) is 22.6 Å². The molecule has 0 radical (unpaired) electrons. The Kier molecular flexibility index (Phi) is 4.20. The minimum atomic E-state index is 0. The van der Waals surface area contributed by atoms with Gasteiger partial charge in [-0.15, -0.1) is 12.4 Å². The number of halogens is 1. The Balaban J connectivity index is 0.00000128. The van der Waals surface area contributed by atoms with Crippen LogP contribution in [-0.2, 0) is 0 Å². The number of ether oxygens (including phenoxy) is 1. The molecule has 0 aromatic heterocycles. The molecule has 16 heavy (non-hydrogen) atoms. The van der Waals surface area contributed by atoms with Gasteiger partial charge in [0.05, 0.1) is 7.11 Å². The third kappa shape index (κ3) is 2.47. The van der Waals surface area contributed by atoms with Gasteiger partial charge < -0.3 is 10.5 Å². The van der Waals surface area contributed by atoms with Crippen LogP contribution in [-0.4, -0.2) is 7.11 Å². The first-order valence-corrected chi connectivity index (χ1v) is 4.80. The molecule has 0 unspecified atom stereocenters. The summed E-state index contributed by atoms with van der Waals surface area (Å²) in [4.78, 5) is 0. The molecule has 0 bridgehead atoms. The molecule has 0 saturated carbocycles. The molecule has 2 rings (SSSR count). The van der Waals surface area contributed by atoms with Crippen LogP contribution in [0, 0.1) is 0 Å². The average Bonchev–Trinajstić information content (AvgIpc) is 2.30. The molecule has 2 N–H and O–H groups in total. The molecule has 0 heterocycles. The maximum atomic E-state index is 5.95. The van der Waals surface area contributed by atoms with Crippen LogP contribution in [0.4, 0.5) is 5.69 Å². The number of hydrogen-bond donors (Lipinski definition) is 1. The molecule has 3 heteroatoms. The van der Waals surface area contributed by atoms with Crippen LogP contribution in [0.5, 0.6) is 5.75 Å². The summed E-state index contributed by atoms with van der Waals surface area (Å²) in [6.45, 7) is 0. The number of nitrogen functional groups attached to an aromatic ring is 1. The van der Waals surface area contributed by atoms with E-state index in [-0.39, 0.29) is 12.4 Å². The average molecular weight is 236 g/mol. The van der Waals surface area contributed by atoms with Gasteiger partial charge in [0, 0.05) is 17.3 Å². The minimum Gasteiger partial charge on any atom is -0.497 e. The summed E-state index contributed by atoms with van der Waals surface area (Å²) in [6, 6.07) is 15.8. The van der Waals surface area contributed by atoms with Crippen molar-refractivity contribution in [3.63, 3.8) is 0 Å². The number of methoxy groups -OCH3 is 1. The number of rotatable bonds is 2. The Bertz CT molecular complexity index is 457. The summed E-state index contributed by atoms with van der Waals surface area (Å²) in [5.74, 6) is 0.784. The SMILES string of the molecule is COc1ccc(-c2ccccc2)c(N)c1.Cl. The van der Waals surface area contributed by atoms with Gasteiger partial charge in [-0.25, -0.2) is 0 Å². The van der Waals surface area contributed by atoms with Crippen molar-refractivity contribution in [3.8, 4) is 16.9 Å². The summed E-state index contributed by atoms with van der Waals surface area (Å²) >= 11 is 0. The topological polar surface area (TPSA) is 35.2 Å². The lowest BCUT2D eigenvalue weighted by atomic mass is 10.0. The largest absolute Gasteiger partial charge is 0.497 e. The van der Waals surface area contributed by atoms with E-state index in [4.69, 9.17) is 10.5 Å². The van der Waals surface area contributed by atoms with Gasteiger partial charge in [-0.3, -0.25) is 0 Å². The smallest absolute Gasteiger partial charge is 0.120 e. The van der Waals surface area contributed by atoms with Crippen LogP contribution in [0.25, 0.3) is 11.1 Å². The zero-order chi connectivity index (χ0) is 10.7.